The SMILES string of the molecule is CCCc1cc2c(=O)c(-c3ccc4c(c3)OCCCO4)coc2cc1OC(=O)c1ccc(Br)cc1. The summed E-state index contributed by atoms with van der Waals surface area (Å²) in [6.45, 7) is 3.19. The van der Waals surface area contributed by atoms with Gasteiger partial charge in [-0.3, -0.25) is 4.79 Å². The molecule has 1 aromatic heterocycles. The Balaban J connectivity index is 1.53. The van der Waals surface area contributed by atoms with E-state index >= 15 is 0 Å². The topological polar surface area (TPSA) is 75.0 Å². The van der Waals surface area contributed by atoms with Crippen LogP contribution in [0.15, 0.2) is 74.5 Å². The predicted octanol–water partition coefficient (Wildman–Crippen LogP) is 6.56. The molecule has 5 rings (SSSR count). The summed E-state index contributed by atoms with van der Waals surface area (Å²) < 4.78 is 23.9. The maximum absolute atomic E-state index is 13.5. The fourth-order valence-electron chi connectivity index (χ4n) is 4.04. The molecular weight excluding hydrogens is 512 g/mol. The van der Waals surface area contributed by atoms with Crippen LogP contribution in [0.3, 0.4) is 0 Å². The molecule has 0 amide bonds. The van der Waals surface area contributed by atoms with E-state index in [4.69, 9.17) is 18.6 Å². The van der Waals surface area contributed by atoms with Crippen LogP contribution in [0.2, 0.25) is 0 Å². The van der Waals surface area contributed by atoms with Crippen LogP contribution >= 0.6 is 15.9 Å². The monoisotopic (exact) mass is 534 g/mol. The van der Waals surface area contributed by atoms with Gasteiger partial charge in [-0.25, -0.2) is 4.79 Å². The van der Waals surface area contributed by atoms with Crippen LogP contribution in [-0.2, 0) is 6.42 Å². The first-order valence-corrected chi connectivity index (χ1v) is 12.3. The molecule has 7 heteroatoms. The number of fused-ring (bicyclic) bond motifs is 2. The van der Waals surface area contributed by atoms with Gasteiger partial charge in [0.25, 0.3) is 0 Å². The Hall–Kier alpha value is -3.58. The van der Waals surface area contributed by atoms with Gasteiger partial charge in [-0.2, -0.15) is 0 Å². The molecule has 0 saturated carbocycles. The first-order valence-electron chi connectivity index (χ1n) is 11.5. The highest BCUT2D eigenvalue weighted by molar-refractivity contribution is 9.10. The maximum Gasteiger partial charge on any atom is 0.343 e. The van der Waals surface area contributed by atoms with E-state index < -0.39 is 5.97 Å². The van der Waals surface area contributed by atoms with Gasteiger partial charge in [0.15, 0.2) is 11.5 Å². The van der Waals surface area contributed by atoms with Crippen molar-refractivity contribution >= 4 is 32.9 Å². The first kappa shape index (κ1) is 23.2. The van der Waals surface area contributed by atoms with E-state index in [1.165, 1.54) is 6.26 Å². The third kappa shape index (κ3) is 4.82. The van der Waals surface area contributed by atoms with Gasteiger partial charge in [0.2, 0.25) is 5.43 Å². The Morgan fingerprint density at radius 2 is 1.77 bits per heavy atom. The second kappa shape index (κ2) is 9.96. The first-order chi connectivity index (χ1) is 17.0. The fraction of sp³-hybridized carbons (Fsp3) is 0.214. The summed E-state index contributed by atoms with van der Waals surface area (Å²) in [6.07, 6.45) is 3.70. The summed E-state index contributed by atoms with van der Waals surface area (Å²) >= 11 is 3.36. The highest BCUT2D eigenvalue weighted by Crippen LogP contribution is 2.34. The zero-order valence-corrected chi connectivity index (χ0v) is 20.7. The average molecular weight is 535 g/mol. The second-order valence-electron chi connectivity index (χ2n) is 8.29. The largest absolute Gasteiger partial charge is 0.490 e. The Morgan fingerprint density at radius 1 is 1.00 bits per heavy atom. The van der Waals surface area contributed by atoms with Crippen LogP contribution in [0.1, 0.15) is 35.7 Å². The number of ether oxygens (including phenoxy) is 3. The number of aryl methyl sites for hydroxylation is 1. The summed E-state index contributed by atoms with van der Waals surface area (Å²) in [7, 11) is 0. The van der Waals surface area contributed by atoms with Crippen LogP contribution < -0.4 is 19.6 Å². The molecule has 0 bridgehead atoms. The van der Waals surface area contributed by atoms with Gasteiger partial charge in [-0.1, -0.05) is 35.3 Å². The van der Waals surface area contributed by atoms with Crippen molar-refractivity contribution in [2.75, 3.05) is 13.2 Å². The minimum absolute atomic E-state index is 0.163. The molecule has 6 nitrogen and oxygen atoms in total. The normalized spacial score (nSPS) is 12.9. The van der Waals surface area contributed by atoms with Crippen molar-refractivity contribution < 1.29 is 23.4 Å². The molecule has 178 valence electrons. The molecule has 3 aromatic carbocycles. The van der Waals surface area contributed by atoms with Gasteiger partial charge in [0.1, 0.15) is 17.6 Å². The molecule has 0 fully saturated rings. The molecule has 0 unspecified atom stereocenters. The van der Waals surface area contributed by atoms with Crippen molar-refractivity contribution in [3.8, 4) is 28.4 Å². The van der Waals surface area contributed by atoms with Gasteiger partial charge < -0.3 is 18.6 Å². The Morgan fingerprint density at radius 3 is 2.54 bits per heavy atom. The molecule has 0 N–H and O–H groups in total. The Kier molecular flexibility index (Phi) is 6.59. The maximum atomic E-state index is 13.5. The molecule has 1 aliphatic heterocycles. The molecule has 0 spiro atoms. The smallest absolute Gasteiger partial charge is 0.343 e. The van der Waals surface area contributed by atoms with Crippen molar-refractivity contribution in [1.82, 2.24) is 0 Å². The average Bonchev–Trinajstić information content (AvgIpc) is 3.10. The van der Waals surface area contributed by atoms with Gasteiger partial charge in [0, 0.05) is 17.0 Å². The van der Waals surface area contributed by atoms with E-state index in [2.05, 4.69) is 15.9 Å². The van der Waals surface area contributed by atoms with Gasteiger partial charge >= 0.3 is 5.97 Å². The Bertz CT molecular complexity index is 1460. The lowest BCUT2D eigenvalue weighted by molar-refractivity contribution is 0.0733. The van der Waals surface area contributed by atoms with Crippen LogP contribution in [0, 0.1) is 0 Å². The predicted molar refractivity (Wildman–Crippen MR) is 137 cm³/mol. The van der Waals surface area contributed by atoms with Crippen molar-refractivity contribution in [3.05, 3.63) is 86.7 Å². The number of carbonyl (C=O) groups excluding carboxylic acids is 1. The number of halogens is 1. The standard InChI is InChI=1S/C28H23BrO6/c1-2-4-19-13-21-25(15-24(19)35-28(31)17-5-8-20(29)9-6-17)34-16-22(27(21)30)18-7-10-23-26(14-18)33-12-3-11-32-23/h5-10,13-16H,2-4,11-12H2,1H3. The minimum atomic E-state index is -0.472. The quantitative estimate of drug-likeness (QED) is 0.213. The van der Waals surface area contributed by atoms with Crippen LogP contribution in [0.5, 0.6) is 17.2 Å². The lowest BCUT2D eigenvalue weighted by Crippen LogP contribution is -2.11. The van der Waals surface area contributed by atoms with E-state index in [1.54, 1.807) is 42.5 Å². The molecule has 0 saturated heterocycles. The summed E-state index contributed by atoms with van der Waals surface area (Å²) in [4.78, 5) is 26.2. The van der Waals surface area contributed by atoms with Crippen LogP contribution in [0.4, 0.5) is 0 Å². The summed E-state index contributed by atoms with van der Waals surface area (Å²) in [5.41, 5.74) is 2.51. The summed E-state index contributed by atoms with van der Waals surface area (Å²) in [5.74, 6) is 1.19. The van der Waals surface area contributed by atoms with E-state index in [-0.39, 0.29) is 5.43 Å². The lowest BCUT2D eigenvalue weighted by atomic mass is 10.0. The van der Waals surface area contributed by atoms with E-state index in [9.17, 15) is 9.59 Å². The number of hydrogen-bond donors (Lipinski definition) is 0. The van der Waals surface area contributed by atoms with Crippen LogP contribution in [0.25, 0.3) is 22.1 Å². The summed E-state index contributed by atoms with van der Waals surface area (Å²) in [5, 5.41) is 0.432. The third-order valence-corrected chi connectivity index (χ3v) is 6.34. The minimum Gasteiger partial charge on any atom is -0.490 e. The molecule has 1 aliphatic rings. The van der Waals surface area contributed by atoms with E-state index in [0.29, 0.717) is 64.5 Å². The van der Waals surface area contributed by atoms with Crippen molar-refractivity contribution in [2.45, 2.75) is 26.2 Å². The molecular formula is C28H23BrO6. The van der Waals surface area contributed by atoms with Gasteiger partial charge in [-0.15, -0.1) is 0 Å². The highest BCUT2D eigenvalue weighted by atomic mass is 79.9. The highest BCUT2D eigenvalue weighted by Gasteiger charge is 2.18. The van der Waals surface area contributed by atoms with Crippen molar-refractivity contribution in [3.63, 3.8) is 0 Å². The zero-order valence-electron chi connectivity index (χ0n) is 19.1. The lowest BCUT2D eigenvalue weighted by Gasteiger charge is -2.12. The van der Waals surface area contributed by atoms with Crippen molar-refractivity contribution in [2.24, 2.45) is 0 Å². The number of hydrogen-bond acceptors (Lipinski definition) is 6. The molecule has 2 heterocycles. The molecule has 0 radical (unpaired) electrons. The Labute approximate surface area is 210 Å². The number of esters is 1. The van der Waals surface area contributed by atoms with Crippen LogP contribution in [-0.4, -0.2) is 19.2 Å². The van der Waals surface area contributed by atoms with Crippen molar-refractivity contribution in [1.29, 1.82) is 0 Å². The fourth-order valence-corrected chi connectivity index (χ4v) is 4.30. The van der Waals surface area contributed by atoms with Gasteiger partial charge in [-0.05, 0) is 60.0 Å². The molecule has 4 aromatic rings. The molecule has 0 aliphatic carbocycles. The molecule has 0 atom stereocenters. The van der Waals surface area contributed by atoms with Gasteiger partial charge in [0.05, 0.1) is 29.7 Å². The number of carbonyl (C=O) groups is 1. The third-order valence-electron chi connectivity index (χ3n) is 5.82. The number of benzene rings is 3. The summed E-state index contributed by atoms with van der Waals surface area (Å²) in [6, 6.07) is 15.8. The van der Waals surface area contributed by atoms with E-state index in [1.807, 2.05) is 19.1 Å². The van der Waals surface area contributed by atoms with E-state index in [0.717, 1.165) is 22.9 Å². The zero-order chi connectivity index (χ0) is 24.4. The second-order valence-corrected chi connectivity index (χ2v) is 9.21. The number of rotatable bonds is 5. The molecule has 35 heavy (non-hydrogen) atoms.